The molecule has 7 heteroatoms. The van der Waals surface area contributed by atoms with Crippen molar-refractivity contribution in [3.05, 3.63) is 29.6 Å². The lowest BCUT2D eigenvalue weighted by Crippen LogP contribution is -2.05. The van der Waals surface area contributed by atoms with Gasteiger partial charge in [-0.15, -0.1) is 5.10 Å². The lowest BCUT2D eigenvalue weighted by atomic mass is 10.2. The second-order valence-corrected chi connectivity index (χ2v) is 4.02. The summed E-state index contributed by atoms with van der Waals surface area (Å²) in [5.41, 5.74) is 1.99. The first-order chi connectivity index (χ1) is 9.33. The minimum absolute atomic E-state index is 0.177. The standard InChI is InChI=1S/C12H13N3O4/c1-17-6-10-9(5-16)13-14-15(10)8-2-3-11-12(4-8)19-7-18-11/h2-4,16H,5-7H2,1H3. The molecule has 1 aromatic heterocycles. The number of aliphatic hydroxyl groups excluding tert-OH is 1. The van der Waals surface area contributed by atoms with Crippen LogP contribution in [-0.4, -0.2) is 34.0 Å². The summed E-state index contributed by atoms with van der Waals surface area (Å²) in [7, 11) is 1.58. The fourth-order valence-corrected chi connectivity index (χ4v) is 1.96. The molecular formula is C12H13N3O4. The van der Waals surface area contributed by atoms with Crippen LogP contribution in [0.2, 0.25) is 0 Å². The van der Waals surface area contributed by atoms with Gasteiger partial charge < -0.3 is 19.3 Å². The number of aliphatic hydroxyl groups is 1. The van der Waals surface area contributed by atoms with Gasteiger partial charge in [0.2, 0.25) is 6.79 Å². The van der Waals surface area contributed by atoms with E-state index in [9.17, 15) is 5.11 Å². The molecule has 1 N–H and O–H groups in total. The van der Waals surface area contributed by atoms with Gasteiger partial charge in [0.15, 0.2) is 11.5 Å². The van der Waals surface area contributed by atoms with Crippen LogP contribution < -0.4 is 9.47 Å². The van der Waals surface area contributed by atoms with Gasteiger partial charge in [-0.2, -0.15) is 0 Å². The lowest BCUT2D eigenvalue weighted by Gasteiger charge is -2.07. The monoisotopic (exact) mass is 263 g/mol. The van der Waals surface area contributed by atoms with Crippen molar-refractivity contribution in [1.82, 2.24) is 15.0 Å². The van der Waals surface area contributed by atoms with Crippen molar-refractivity contribution < 1.29 is 19.3 Å². The van der Waals surface area contributed by atoms with Crippen LogP contribution in [0.3, 0.4) is 0 Å². The van der Waals surface area contributed by atoms with Crippen LogP contribution in [0.25, 0.3) is 5.69 Å². The van der Waals surface area contributed by atoms with Gasteiger partial charge in [0.25, 0.3) is 0 Å². The molecule has 7 nitrogen and oxygen atoms in total. The van der Waals surface area contributed by atoms with Crippen molar-refractivity contribution in [2.45, 2.75) is 13.2 Å². The molecule has 0 spiro atoms. The molecule has 1 aliphatic heterocycles. The summed E-state index contributed by atoms with van der Waals surface area (Å²) >= 11 is 0. The SMILES string of the molecule is COCc1c(CO)nnn1-c1ccc2c(c1)OCO2. The summed E-state index contributed by atoms with van der Waals surface area (Å²) in [6.07, 6.45) is 0. The van der Waals surface area contributed by atoms with E-state index in [4.69, 9.17) is 14.2 Å². The second kappa shape index (κ2) is 4.87. The summed E-state index contributed by atoms with van der Waals surface area (Å²) in [5.74, 6) is 1.38. The maximum absolute atomic E-state index is 9.24. The van der Waals surface area contributed by atoms with E-state index in [-0.39, 0.29) is 13.4 Å². The zero-order valence-electron chi connectivity index (χ0n) is 10.4. The van der Waals surface area contributed by atoms with Crippen molar-refractivity contribution in [1.29, 1.82) is 0 Å². The van der Waals surface area contributed by atoms with Crippen LogP contribution in [-0.2, 0) is 18.0 Å². The average Bonchev–Trinajstić information content (AvgIpc) is 3.04. The summed E-state index contributed by atoms with van der Waals surface area (Å²) in [6, 6.07) is 5.48. The van der Waals surface area contributed by atoms with Crippen molar-refractivity contribution in [2.24, 2.45) is 0 Å². The van der Waals surface area contributed by atoms with E-state index in [1.54, 1.807) is 11.8 Å². The van der Waals surface area contributed by atoms with Gasteiger partial charge in [0.1, 0.15) is 5.69 Å². The van der Waals surface area contributed by atoms with E-state index < -0.39 is 0 Å². The van der Waals surface area contributed by atoms with Crippen molar-refractivity contribution in [2.75, 3.05) is 13.9 Å². The second-order valence-electron chi connectivity index (χ2n) is 4.02. The molecule has 0 amide bonds. The molecule has 0 aliphatic carbocycles. The van der Waals surface area contributed by atoms with E-state index in [0.29, 0.717) is 29.5 Å². The van der Waals surface area contributed by atoms with Crippen LogP contribution in [0, 0.1) is 0 Å². The molecule has 0 unspecified atom stereocenters. The number of ether oxygens (including phenoxy) is 3. The molecule has 0 fully saturated rings. The first-order valence-electron chi connectivity index (χ1n) is 5.76. The van der Waals surface area contributed by atoms with Crippen LogP contribution in [0.15, 0.2) is 18.2 Å². The Bertz CT molecular complexity index is 597. The summed E-state index contributed by atoms with van der Waals surface area (Å²) in [5, 5.41) is 17.2. The molecule has 2 heterocycles. The topological polar surface area (TPSA) is 78.6 Å². The zero-order valence-corrected chi connectivity index (χ0v) is 10.4. The third-order valence-electron chi connectivity index (χ3n) is 2.88. The Labute approximate surface area is 109 Å². The first-order valence-corrected chi connectivity index (χ1v) is 5.76. The number of hydrogen-bond acceptors (Lipinski definition) is 6. The summed E-state index contributed by atoms with van der Waals surface area (Å²) in [6.45, 7) is 0.365. The highest BCUT2D eigenvalue weighted by atomic mass is 16.7. The molecule has 0 bridgehead atoms. The Kier molecular flexibility index (Phi) is 3.06. The number of hydrogen-bond donors (Lipinski definition) is 1. The summed E-state index contributed by atoms with van der Waals surface area (Å²) in [4.78, 5) is 0. The smallest absolute Gasteiger partial charge is 0.231 e. The van der Waals surface area contributed by atoms with Crippen molar-refractivity contribution in [3.8, 4) is 17.2 Å². The van der Waals surface area contributed by atoms with Gasteiger partial charge in [-0.05, 0) is 12.1 Å². The minimum atomic E-state index is -0.177. The van der Waals surface area contributed by atoms with E-state index in [0.717, 1.165) is 5.69 Å². The molecule has 1 aromatic carbocycles. The van der Waals surface area contributed by atoms with Crippen LogP contribution >= 0.6 is 0 Å². The molecule has 1 aliphatic rings. The van der Waals surface area contributed by atoms with Gasteiger partial charge in [-0.1, -0.05) is 5.21 Å². The van der Waals surface area contributed by atoms with Crippen molar-refractivity contribution >= 4 is 0 Å². The fraction of sp³-hybridized carbons (Fsp3) is 0.333. The van der Waals surface area contributed by atoms with E-state index in [1.165, 1.54) is 0 Å². The highest BCUT2D eigenvalue weighted by Gasteiger charge is 2.17. The largest absolute Gasteiger partial charge is 0.454 e. The third kappa shape index (κ3) is 2.02. The Morgan fingerprint density at radius 2 is 2.21 bits per heavy atom. The van der Waals surface area contributed by atoms with Gasteiger partial charge in [0, 0.05) is 13.2 Å². The molecular weight excluding hydrogens is 250 g/mol. The quantitative estimate of drug-likeness (QED) is 0.871. The Hall–Kier alpha value is -2.12. The number of fused-ring (bicyclic) bond motifs is 1. The minimum Gasteiger partial charge on any atom is -0.454 e. The molecule has 0 radical (unpaired) electrons. The number of methoxy groups -OCH3 is 1. The maximum atomic E-state index is 9.24. The number of rotatable bonds is 4. The van der Waals surface area contributed by atoms with Gasteiger partial charge in [-0.25, -0.2) is 4.68 Å². The van der Waals surface area contributed by atoms with Crippen LogP contribution in [0.5, 0.6) is 11.5 Å². The average molecular weight is 263 g/mol. The molecule has 100 valence electrons. The number of benzene rings is 1. The van der Waals surface area contributed by atoms with Gasteiger partial charge >= 0.3 is 0 Å². The predicted molar refractivity (Wildman–Crippen MR) is 64.1 cm³/mol. The maximum Gasteiger partial charge on any atom is 0.231 e. The first kappa shape index (κ1) is 11.9. The van der Waals surface area contributed by atoms with E-state index in [2.05, 4.69) is 10.3 Å². The molecule has 19 heavy (non-hydrogen) atoms. The highest BCUT2D eigenvalue weighted by molar-refractivity contribution is 5.50. The molecule has 0 saturated heterocycles. The van der Waals surface area contributed by atoms with E-state index in [1.807, 2.05) is 18.2 Å². The third-order valence-corrected chi connectivity index (χ3v) is 2.88. The predicted octanol–water partition coefficient (Wildman–Crippen LogP) is 0.635. The van der Waals surface area contributed by atoms with Gasteiger partial charge in [0.05, 0.1) is 24.6 Å². The van der Waals surface area contributed by atoms with Crippen LogP contribution in [0.4, 0.5) is 0 Å². The van der Waals surface area contributed by atoms with Crippen LogP contribution in [0.1, 0.15) is 11.4 Å². The Morgan fingerprint density at radius 3 is 3.00 bits per heavy atom. The summed E-state index contributed by atoms with van der Waals surface area (Å²) < 4.78 is 17.3. The molecule has 2 aromatic rings. The lowest BCUT2D eigenvalue weighted by molar-refractivity contribution is 0.173. The number of nitrogens with zero attached hydrogens (tertiary/aromatic N) is 3. The molecule has 0 saturated carbocycles. The van der Waals surface area contributed by atoms with Gasteiger partial charge in [-0.3, -0.25) is 0 Å². The number of aromatic nitrogens is 3. The molecule has 0 atom stereocenters. The highest BCUT2D eigenvalue weighted by Crippen LogP contribution is 2.33. The molecule has 3 rings (SSSR count). The Morgan fingerprint density at radius 1 is 1.37 bits per heavy atom. The van der Waals surface area contributed by atoms with Crippen molar-refractivity contribution in [3.63, 3.8) is 0 Å². The van der Waals surface area contributed by atoms with E-state index >= 15 is 0 Å². The normalized spacial score (nSPS) is 12.9. The Balaban J connectivity index is 2.04. The zero-order chi connectivity index (χ0) is 13.2. The fourth-order valence-electron chi connectivity index (χ4n) is 1.96.